The largest absolute Gasteiger partial charge is 0.374 e. The first-order valence-corrected chi connectivity index (χ1v) is 14.5. The van der Waals surface area contributed by atoms with Gasteiger partial charge in [-0.15, -0.1) is 0 Å². The molecular formula is C28H55NO6. The molecule has 7 nitrogen and oxygen atoms in total. The van der Waals surface area contributed by atoms with E-state index in [0.29, 0.717) is 13.2 Å². The van der Waals surface area contributed by atoms with Crippen molar-refractivity contribution in [2.45, 2.75) is 167 Å². The van der Waals surface area contributed by atoms with Crippen LogP contribution in [0.25, 0.3) is 0 Å². The van der Waals surface area contributed by atoms with Crippen LogP contribution in [0.4, 0.5) is 0 Å². The van der Waals surface area contributed by atoms with Crippen molar-refractivity contribution in [3.63, 3.8) is 0 Å². The van der Waals surface area contributed by atoms with E-state index in [9.17, 15) is 0 Å². The van der Waals surface area contributed by atoms with E-state index >= 15 is 0 Å². The topological polar surface area (TPSA) is 81.4 Å². The molecule has 0 aliphatic carbocycles. The molecule has 2 aliphatic heterocycles. The molecule has 0 amide bonds. The molecule has 7 atom stereocenters. The molecule has 0 spiro atoms. The Labute approximate surface area is 215 Å². The Morgan fingerprint density at radius 2 is 1.46 bits per heavy atom. The summed E-state index contributed by atoms with van der Waals surface area (Å²) in [6.45, 7) is 13.6. The van der Waals surface area contributed by atoms with Crippen molar-refractivity contribution in [3.8, 4) is 0 Å². The molecule has 2 aliphatic rings. The van der Waals surface area contributed by atoms with Gasteiger partial charge in [-0.25, -0.2) is 0 Å². The maximum absolute atomic E-state index is 6.31. The average molecular weight is 502 g/mol. The molecule has 0 radical (unpaired) electrons. The number of rotatable bonds is 20. The van der Waals surface area contributed by atoms with Crippen molar-refractivity contribution in [2.24, 2.45) is 5.73 Å². The minimum absolute atomic E-state index is 0.0370. The van der Waals surface area contributed by atoms with Crippen LogP contribution in [0.2, 0.25) is 0 Å². The molecular weight excluding hydrogens is 446 g/mol. The van der Waals surface area contributed by atoms with Gasteiger partial charge >= 0.3 is 0 Å². The highest BCUT2D eigenvalue weighted by Gasteiger charge is 2.57. The SMILES string of the molecule is CCCCCCCCCOC(CC)O[C@H]1O[C@H]([C@@H](C)OCC(N)CCCCC)[C@@H]2OC(C)(C)O[C@H]12. The van der Waals surface area contributed by atoms with Crippen LogP contribution < -0.4 is 5.73 Å². The van der Waals surface area contributed by atoms with Crippen molar-refractivity contribution >= 4 is 0 Å². The third-order valence-corrected chi connectivity index (χ3v) is 6.93. The average Bonchev–Trinajstić information content (AvgIpc) is 3.31. The van der Waals surface area contributed by atoms with Crippen molar-refractivity contribution in [3.05, 3.63) is 0 Å². The van der Waals surface area contributed by atoms with Crippen molar-refractivity contribution < 1.29 is 28.4 Å². The number of fused-ring (bicyclic) bond motifs is 1. The van der Waals surface area contributed by atoms with Gasteiger partial charge in [0.05, 0.1) is 12.7 Å². The lowest BCUT2D eigenvalue weighted by atomic mass is 10.1. The van der Waals surface area contributed by atoms with Crippen LogP contribution in [0.5, 0.6) is 0 Å². The van der Waals surface area contributed by atoms with Gasteiger partial charge in [0.1, 0.15) is 18.3 Å². The van der Waals surface area contributed by atoms with Gasteiger partial charge in [0.2, 0.25) is 0 Å². The maximum atomic E-state index is 6.31. The summed E-state index contributed by atoms with van der Waals surface area (Å²) < 4.78 is 37.2. The fourth-order valence-electron chi connectivity index (χ4n) is 4.87. The van der Waals surface area contributed by atoms with Gasteiger partial charge in [-0.05, 0) is 40.0 Å². The fourth-order valence-corrected chi connectivity index (χ4v) is 4.87. The summed E-state index contributed by atoms with van der Waals surface area (Å²) in [5.74, 6) is -0.685. The Morgan fingerprint density at radius 3 is 2.14 bits per heavy atom. The van der Waals surface area contributed by atoms with Crippen LogP contribution in [0.1, 0.15) is 119 Å². The lowest BCUT2D eigenvalue weighted by Crippen LogP contribution is -2.40. The number of hydrogen-bond donors (Lipinski definition) is 1. The number of nitrogens with two attached hydrogens (primary N) is 1. The van der Waals surface area contributed by atoms with Gasteiger partial charge in [-0.1, -0.05) is 78.6 Å². The summed E-state index contributed by atoms with van der Waals surface area (Å²) in [6.07, 6.45) is 12.2. The molecule has 2 heterocycles. The zero-order valence-electron chi connectivity index (χ0n) is 23.5. The van der Waals surface area contributed by atoms with Crippen LogP contribution in [0.15, 0.2) is 0 Å². The minimum atomic E-state index is -0.685. The summed E-state index contributed by atoms with van der Waals surface area (Å²) in [7, 11) is 0. The zero-order chi connectivity index (χ0) is 25.7. The predicted molar refractivity (Wildman–Crippen MR) is 139 cm³/mol. The predicted octanol–water partition coefficient (Wildman–Crippen LogP) is 6.06. The molecule has 2 N–H and O–H groups in total. The Kier molecular flexibility index (Phi) is 14.6. The minimum Gasteiger partial charge on any atom is -0.374 e. The van der Waals surface area contributed by atoms with E-state index in [0.717, 1.165) is 25.7 Å². The molecule has 2 rings (SSSR count). The molecule has 2 saturated heterocycles. The Morgan fingerprint density at radius 1 is 0.829 bits per heavy atom. The van der Waals surface area contributed by atoms with E-state index < -0.39 is 12.1 Å². The van der Waals surface area contributed by atoms with E-state index in [1.165, 1.54) is 51.4 Å². The first-order valence-electron chi connectivity index (χ1n) is 14.5. The second-order valence-corrected chi connectivity index (χ2v) is 10.8. The van der Waals surface area contributed by atoms with Gasteiger partial charge in [-0.3, -0.25) is 0 Å². The summed E-state index contributed by atoms with van der Waals surface area (Å²) in [5.41, 5.74) is 6.26. The molecule has 2 unspecified atom stereocenters. The Hall–Kier alpha value is -0.280. The zero-order valence-corrected chi connectivity index (χ0v) is 23.5. The maximum Gasteiger partial charge on any atom is 0.190 e. The Bertz CT molecular complexity index is 548. The Balaban J connectivity index is 1.81. The second-order valence-electron chi connectivity index (χ2n) is 10.8. The van der Waals surface area contributed by atoms with Gasteiger partial charge in [0.15, 0.2) is 18.4 Å². The molecule has 0 aromatic carbocycles. The van der Waals surface area contributed by atoms with Crippen LogP contribution in [0, 0.1) is 0 Å². The van der Waals surface area contributed by atoms with E-state index in [4.69, 9.17) is 34.2 Å². The molecule has 35 heavy (non-hydrogen) atoms. The number of unbranched alkanes of at least 4 members (excludes halogenated alkanes) is 8. The third-order valence-electron chi connectivity index (χ3n) is 6.93. The summed E-state index contributed by atoms with van der Waals surface area (Å²) >= 11 is 0. The molecule has 0 saturated carbocycles. The van der Waals surface area contributed by atoms with Crippen molar-refractivity contribution in [2.75, 3.05) is 13.2 Å². The van der Waals surface area contributed by atoms with E-state index in [-0.39, 0.29) is 36.7 Å². The fraction of sp³-hybridized carbons (Fsp3) is 1.00. The van der Waals surface area contributed by atoms with Gasteiger partial charge < -0.3 is 34.2 Å². The van der Waals surface area contributed by atoms with Crippen LogP contribution in [-0.2, 0) is 28.4 Å². The number of hydrogen-bond acceptors (Lipinski definition) is 7. The molecule has 7 heteroatoms. The summed E-state index contributed by atoms with van der Waals surface area (Å²) in [5, 5.41) is 0. The first-order chi connectivity index (χ1) is 16.8. The molecule has 0 aromatic heterocycles. The molecule has 208 valence electrons. The normalized spacial score (nSPS) is 28.2. The standard InChI is InChI=1S/C28H55NO6/c1-7-10-12-13-14-15-17-19-30-23(9-3)32-27-26-25(34-28(5,6)35-26)24(33-27)21(4)31-20-22(29)18-16-11-8-2/h21-27H,7-20,29H2,1-6H3/t21-,22?,23?,24-,25+,26+,27+/m1/s1. The molecule has 0 aromatic rings. The highest BCUT2D eigenvalue weighted by atomic mass is 16.8. The summed E-state index contributed by atoms with van der Waals surface area (Å²) in [6, 6.07) is 0.0370. The second kappa shape index (κ2) is 16.5. The number of ether oxygens (including phenoxy) is 6. The van der Waals surface area contributed by atoms with Gasteiger partial charge in [0, 0.05) is 12.6 Å². The highest BCUT2D eigenvalue weighted by Crippen LogP contribution is 2.41. The van der Waals surface area contributed by atoms with Crippen LogP contribution in [0.3, 0.4) is 0 Å². The molecule has 2 fully saturated rings. The summed E-state index contributed by atoms with van der Waals surface area (Å²) in [4.78, 5) is 0. The van der Waals surface area contributed by atoms with Crippen LogP contribution >= 0.6 is 0 Å². The smallest absolute Gasteiger partial charge is 0.190 e. The quantitative estimate of drug-likeness (QED) is 0.160. The van der Waals surface area contributed by atoms with Gasteiger partial charge in [0.25, 0.3) is 0 Å². The van der Waals surface area contributed by atoms with E-state index in [1.807, 2.05) is 20.8 Å². The van der Waals surface area contributed by atoms with E-state index in [1.54, 1.807) is 0 Å². The van der Waals surface area contributed by atoms with E-state index in [2.05, 4.69) is 20.8 Å². The molecule has 0 bridgehead atoms. The monoisotopic (exact) mass is 501 g/mol. The first kappa shape index (κ1) is 30.9. The van der Waals surface area contributed by atoms with Crippen molar-refractivity contribution in [1.29, 1.82) is 0 Å². The lowest BCUT2D eigenvalue weighted by molar-refractivity contribution is -0.288. The van der Waals surface area contributed by atoms with Crippen LogP contribution in [-0.4, -0.2) is 62.0 Å². The third kappa shape index (κ3) is 10.9. The highest BCUT2D eigenvalue weighted by molar-refractivity contribution is 4.97. The van der Waals surface area contributed by atoms with Gasteiger partial charge in [-0.2, -0.15) is 0 Å². The lowest BCUT2D eigenvalue weighted by Gasteiger charge is -2.29. The van der Waals surface area contributed by atoms with Crippen molar-refractivity contribution in [1.82, 2.24) is 0 Å².